The van der Waals surface area contributed by atoms with Crippen molar-refractivity contribution >= 4 is 59.8 Å². The van der Waals surface area contributed by atoms with Gasteiger partial charge in [0.05, 0.1) is 16.4 Å². The number of hydrogen-bond donors (Lipinski definition) is 2. The van der Waals surface area contributed by atoms with Crippen molar-refractivity contribution in [1.82, 2.24) is 4.98 Å². The zero-order valence-corrected chi connectivity index (χ0v) is 13.6. The number of nitrogen functional groups attached to an aromatic ring is 1. The molecule has 1 heterocycles. The summed E-state index contributed by atoms with van der Waals surface area (Å²) in [6.07, 6.45) is 1.63. The maximum absolute atomic E-state index is 5.70. The molecule has 5 heteroatoms. The van der Waals surface area contributed by atoms with Gasteiger partial charge in [-0.2, -0.15) is 0 Å². The van der Waals surface area contributed by atoms with E-state index in [4.69, 9.17) is 5.73 Å². The zero-order chi connectivity index (χ0) is 14.1. The number of halogens is 2. The molecule has 0 spiro atoms. The fourth-order valence-corrected chi connectivity index (χ4v) is 2.99. The molecule has 3 nitrogen and oxygen atoms in total. The van der Waals surface area contributed by atoms with Gasteiger partial charge in [0.25, 0.3) is 0 Å². The third-order valence-electron chi connectivity index (χ3n) is 2.99. The van der Waals surface area contributed by atoms with Crippen molar-refractivity contribution in [3.05, 3.63) is 57.6 Å². The highest BCUT2D eigenvalue weighted by molar-refractivity contribution is 9.11. The molecule has 0 aliphatic heterocycles. The first-order chi connectivity index (χ1) is 9.65. The lowest BCUT2D eigenvalue weighted by Crippen LogP contribution is -1.97. The molecule has 3 N–H and O–H groups in total. The summed E-state index contributed by atoms with van der Waals surface area (Å²) in [4.78, 5) is 4.31. The van der Waals surface area contributed by atoms with Gasteiger partial charge >= 0.3 is 0 Å². The van der Waals surface area contributed by atoms with Gasteiger partial charge in [0.2, 0.25) is 0 Å². The average Bonchev–Trinajstić information content (AvgIpc) is 2.45. The molecule has 2 aromatic carbocycles. The molecule has 0 aliphatic rings. The van der Waals surface area contributed by atoms with Gasteiger partial charge in [-0.05, 0) is 39.5 Å². The van der Waals surface area contributed by atoms with Crippen molar-refractivity contribution in [3.63, 3.8) is 0 Å². The highest BCUT2D eigenvalue weighted by atomic mass is 79.9. The zero-order valence-electron chi connectivity index (χ0n) is 10.4. The van der Waals surface area contributed by atoms with E-state index in [1.54, 1.807) is 6.20 Å². The fraction of sp³-hybridized carbons (Fsp3) is 0. The number of fused-ring (bicyclic) bond motifs is 1. The van der Waals surface area contributed by atoms with Crippen LogP contribution in [0.15, 0.2) is 57.6 Å². The van der Waals surface area contributed by atoms with Gasteiger partial charge < -0.3 is 11.1 Å². The predicted molar refractivity (Wildman–Crippen MR) is 91.3 cm³/mol. The first kappa shape index (κ1) is 13.4. The fourth-order valence-electron chi connectivity index (χ4n) is 2.04. The summed E-state index contributed by atoms with van der Waals surface area (Å²) < 4.78 is 1.91. The molecule has 0 bridgehead atoms. The Labute approximate surface area is 133 Å². The second-order valence-corrected chi connectivity index (χ2v) is 6.07. The molecule has 100 valence electrons. The molecule has 20 heavy (non-hydrogen) atoms. The molecular weight excluding hydrogens is 382 g/mol. The summed E-state index contributed by atoms with van der Waals surface area (Å²) in [5, 5.41) is 5.62. The van der Waals surface area contributed by atoms with E-state index in [0.29, 0.717) is 5.69 Å². The summed E-state index contributed by atoms with van der Waals surface area (Å²) in [5.74, 6) is 0.742. The normalized spacial score (nSPS) is 10.7. The lowest BCUT2D eigenvalue weighted by Gasteiger charge is -2.11. The first-order valence-electron chi connectivity index (χ1n) is 6.00. The predicted octanol–water partition coefficient (Wildman–Crippen LogP) is 5.09. The van der Waals surface area contributed by atoms with Gasteiger partial charge in [-0.25, -0.2) is 4.98 Å². The van der Waals surface area contributed by atoms with Gasteiger partial charge in [0.15, 0.2) is 0 Å². The lowest BCUT2D eigenvalue weighted by atomic mass is 10.1. The molecule has 3 rings (SSSR count). The van der Waals surface area contributed by atoms with E-state index in [1.165, 1.54) is 0 Å². The Morgan fingerprint density at radius 3 is 2.45 bits per heavy atom. The van der Waals surface area contributed by atoms with Crippen LogP contribution < -0.4 is 11.1 Å². The van der Waals surface area contributed by atoms with E-state index in [2.05, 4.69) is 54.3 Å². The van der Waals surface area contributed by atoms with Crippen LogP contribution in [0.3, 0.4) is 0 Å². The van der Waals surface area contributed by atoms with E-state index >= 15 is 0 Å². The average molecular weight is 393 g/mol. The maximum atomic E-state index is 5.70. The van der Waals surface area contributed by atoms with E-state index in [9.17, 15) is 0 Å². The minimum atomic E-state index is 0.628. The van der Waals surface area contributed by atoms with Crippen LogP contribution in [0.1, 0.15) is 0 Å². The van der Waals surface area contributed by atoms with Gasteiger partial charge in [-0.3, -0.25) is 0 Å². The molecule has 1 aromatic heterocycles. The second kappa shape index (κ2) is 5.42. The van der Waals surface area contributed by atoms with Crippen LogP contribution in [0.5, 0.6) is 0 Å². The Bertz CT molecular complexity index is 787. The van der Waals surface area contributed by atoms with Crippen LogP contribution >= 0.6 is 31.9 Å². The Morgan fingerprint density at radius 2 is 1.70 bits per heavy atom. The van der Waals surface area contributed by atoms with Crippen LogP contribution in [-0.4, -0.2) is 4.98 Å². The number of rotatable bonds is 2. The number of pyridine rings is 1. The maximum Gasteiger partial charge on any atom is 0.144 e. The van der Waals surface area contributed by atoms with Crippen molar-refractivity contribution < 1.29 is 0 Å². The highest BCUT2D eigenvalue weighted by Crippen LogP contribution is 2.33. The molecular formula is C15H11Br2N3. The number of hydrogen-bond acceptors (Lipinski definition) is 3. The van der Waals surface area contributed by atoms with E-state index in [0.717, 1.165) is 31.2 Å². The third-order valence-corrected chi connectivity index (χ3v) is 4.28. The van der Waals surface area contributed by atoms with E-state index in [-0.39, 0.29) is 0 Å². The number of benzene rings is 2. The summed E-state index contributed by atoms with van der Waals surface area (Å²) in [5.41, 5.74) is 7.33. The van der Waals surface area contributed by atoms with Gasteiger partial charge in [-0.15, -0.1) is 0 Å². The molecule has 0 radical (unpaired) electrons. The van der Waals surface area contributed by atoms with Crippen LogP contribution in [0, 0.1) is 0 Å². The standard InChI is InChI=1S/C15H11Br2N3/c16-12-5-6-14(11-4-2-1-3-10(11)12)20-15-13(17)7-9(18)8-19-15/h1-8H,18H2,(H,19,20). The smallest absolute Gasteiger partial charge is 0.144 e. The SMILES string of the molecule is Nc1cnc(Nc2ccc(Br)c3ccccc23)c(Br)c1. The van der Waals surface area contributed by atoms with Crippen LogP contribution in [0.2, 0.25) is 0 Å². The van der Waals surface area contributed by atoms with Gasteiger partial charge in [-0.1, -0.05) is 40.2 Å². The van der Waals surface area contributed by atoms with Crippen molar-refractivity contribution in [1.29, 1.82) is 0 Å². The summed E-state index contributed by atoms with van der Waals surface area (Å²) in [6.45, 7) is 0. The third kappa shape index (κ3) is 2.51. The Balaban J connectivity index is 2.09. The largest absolute Gasteiger partial charge is 0.397 e. The summed E-state index contributed by atoms with van der Waals surface area (Å²) in [7, 11) is 0. The van der Waals surface area contributed by atoms with Crippen molar-refractivity contribution in [3.8, 4) is 0 Å². The van der Waals surface area contributed by atoms with Gasteiger partial charge in [0.1, 0.15) is 5.82 Å². The molecule has 3 aromatic rings. The molecule has 0 saturated heterocycles. The van der Waals surface area contributed by atoms with Crippen molar-refractivity contribution in [2.45, 2.75) is 0 Å². The Kier molecular flexibility index (Phi) is 3.63. The van der Waals surface area contributed by atoms with Crippen LogP contribution in [0.4, 0.5) is 17.2 Å². The molecule has 0 amide bonds. The number of nitrogens with zero attached hydrogens (tertiary/aromatic N) is 1. The topological polar surface area (TPSA) is 50.9 Å². The first-order valence-corrected chi connectivity index (χ1v) is 7.59. The van der Waals surface area contributed by atoms with E-state index < -0.39 is 0 Å². The minimum Gasteiger partial charge on any atom is -0.397 e. The molecule has 0 atom stereocenters. The lowest BCUT2D eigenvalue weighted by molar-refractivity contribution is 1.30. The van der Waals surface area contributed by atoms with Crippen molar-refractivity contribution in [2.75, 3.05) is 11.1 Å². The number of anilines is 3. The number of aromatic nitrogens is 1. The Morgan fingerprint density at radius 1 is 0.950 bits per heavy atom. The van der Waals surface area contributed by atoms with Gasteiger partial charge in [0, 0.05) is 15.5 Å². The second-order valence-electron chi connectivity index (χ2n) is 4.36. The van der Waals surface area contributed by atoms with Crippen molar-refractivity contribution in [2.24, 2.45) is 0 Å². The molecule has 0 aliphatic carbocycles. The monoisotopic (exact) mass is 391 g/mol. The van der Waals surface area contributed by atoms with E-state index in [1.807, 2.05) is 30.3 Å². The molecule has 0 unspecified atom stereocenters. The minimum absolute atomic E-state index is 0.628. The highest BCUT2D eigenvalue weighted by Gasteiger charge is 2.07. The quantitative estimate of drug-likeness (QED) is 0.638. The number of nitrogens with two attached hydrogens (primary N) is 1. The molecule has 0 saturated carbocycles. The number of nitrogens with one attached hydrogen (secondary N) is 1. The summed E-state index contributed by atoms with van der Waals surface area (Å²) >= 11 is 7.04. The molecule has 0 fully saturated rings. The Hall–Kier alpha value is -1.59. The van der Waals surface area contributed by atoms with Crippen LogP contribution in [-0.2, 0) is 0 Å². The van der Waals surface area contributed by atoms with Crippen LogP contribution in [0.25, 0.3) is 10.8 Å². The summed E-state index contributed by atoms with van der Waals surface area (Å²) in [6, 6.07) is 14.1.